The molecule has 0 aromatic heterocycles. The summed E-state index contributed by atoms with van der Waals surface area (Å²) in [6.07, 6.45) is 2.08. The van der Waals surface area contributed by atoms with Crippen LogP contribution in [0.15, 0.2) is 11.6 Å². The molecule has 0 amide bonds. The van der Waals surface area contributed by atoms with Crippen molar-refractivity contribution in [3.63, 3.8) is 0 Å². The molecular weight excluding hydrogens is 256 g/mol. The largest absolute Gasteiger partial charge is 0.465 e. The lowest BCUT2D eigenvalue weighted by Crippen LogP contribution is -2.46. The van der Waals surface area contributed by atoms with E-state index >= 15 is 0 Å². The second-order valence-electron chi connectivity index (χ2n) is 5.93. The van der Waals surface area contributed by atoms with Crippen LogP contribution >= 0.6 is 0 Å². The fraction of sp³-hybridized carbons (Fsp3) is 0.667. The van der Waals surface area contributed by atoms with E-state index in [1.165, 1.54) is 0 Å². The lowest BCUT2D eigenvalue weighted by molar-refractivity contribution is -0.237. The molecular formula is C15H23N2O3. The van der Waals surface area contributed by atoms with Crippen LogP contribution in [0.1, 0.15) is 41.0 Å². The molecule has 1 radical (unpaired) electrons. The summed E-state index contributed by atoms with van der Waals surface area (Å²) in [5.74, 6) is 5.39. The first kappa shape index (κ1) is 16.7. The molecule has 0 bridgehead atoms. The highest BCUT2D eigenvalue weighted by Crippen LogP contribution is 2.38. The Bertz CT molecular complexity index is 469. The second-order valence-corrected chi connectivity index (χ2v) is 5.93. The Morgan fingerprint density at radius 2 is 2.05 bits per heavy atom. The van der Waals surface area contributed by atoms with Crippen molar-refractivity contribution in [1.29, 1.82) is 0 Å². The van der Waals surface area contributed by atoms with Gasteiger partial charge >= 0.3 is 5.97 Å². The highest BCUT2D eigenvalue weighted by Gasteiger charge is 2.45. The van der Waals surface area contributed by atoms with E-state index in [1.807, 2.05) is 33.8 Å². The Kier molecular flexibility index (Phi) is 4.98. The van der Waals surface area contributed by atoms with Crippen LogP contribution in [-0.4, -0.2) is 34.8 Å². The van der Waals surface area contributed by atoms with Gasteiger partial charge in [-0.25, -0.2) is 0 Å². The normalized spacial score (nSPS) is 21.6. The Morgan fingerprint density at radius 1 is 1.45 bits per heavy atom. The molecule has 1 atom stereocenters. The summed E-state index contributed by atoms with van der Waals surface area (Å²) in [7, 11) is 0. The molecule has 0 fully saturated rings. The molecule has 1 rings (SSSR count). The Balaban J connectivity index is 2.76. The summed E-state index contributed by atoms with van der Waals surface area (Å²) in [5, 5.41) is 13.2. The van der Waals surface area contributed by atoms with Crippen molar-refractivity contribution in [2.75, 3.05) is 6.61 Å². The van der Waals surface area contributed by atoms with Crippen LogP contribution in [0.3, 0.4) is 0 Å². The third-order valence-electron chi connectivity index (χ3n) is 3.32. The van der Waals surface area contributed by atoms with Crippen molar-refractivity contribution in [2.45, 2.75) is 58.2 Å². The zero-order chi connectivity index (χ0) is 15.6. The summed E-state index contributed by atoms with van der Waals surface area (Å²) < 4.78 is 4.81. The van der Waals surface area contributed by atoms with Crippen molar-refractivity contribution in [1.82, 2.24) is 5.06 Å². The van der Waals surface area contributed by atoms with Crippen LogP contribution in [0.25, 0.3) is 0 Å². The summed E-state index contributed by atoms with van der Waals surface area (Å²) in [6.45, 7) is 9.40. The van der Waals surface area contributed by atoms with Gasteiger partial charge in [0.25, 0.3) is 0 Å². The maximum absolute atomic E-state index is 12.1. The summed E-state index contributed by atoms with van der Waals surface area (Å²) in [5.41, 5.74) is 5.19. The molecule has 0 aromatic carbocycles. The molecule has 0 saturated carbocycles. The average Bonchev–Trinajstić information content (AvgIpc) is 2.50. The van der Waals surface area contributed by atoms with E-state index < -0.39 is 23.1 Å². The molecule has 5 heteroatoms. The van der Waals surface area contributed by atoms with Gasteiger partial charge in [0.2, 0.25) is 0 Å². The molecule has 0 aliphatic carbocycles. The molecule has 1 aliphatic rings. The lowest BCUT2D eigenvalue weighted by atomic mass is 9.97. The smallest absolute Gasteiger partial charge is 0.323 e. The van der Waals surface area contributed by atoms with Crippen molar-refractivity contribution < 1.29 is 14.7 Å². The van der Waals surface area contributed by atoms with Crippen LogP contribution in [0, 0.1) is 11.8 Å². The predicted octanol–water partition coefficient (Wildman–Crippen LogP) is 1.41. The van der Waals surface area contributed by atoms with Crippen LogP contribution in [0.5, 0.6) is 0 Å². The van der Waals surface area contributed by atoms with Crippen molar-refractivity contribution in [3.05, 3.63) is 11.6 Å². The minimum atomic E-state index is -0.746. The molecule has 2 N–H and O–H groups in total. The number of esters is 1. The first-order chi connectivity index (χ1) is 9.13. The van der Waals surface area contributed by atoms with E-state index in [-0.39, 0.29) is 6.42 Å². The zero-order valence-corrected chi connectivity index (χ0v) is 12.8. The van der Waals surface area contributed by atoms with Crippen LogP contribution in [0.2, 0.25) is 0 Å². The van der Waals surface area contributed by atoms with Crippen molar-refractivity contribution in [3.8, 4) is 11.8 Å². The third-order valence-corrected chi connectivity index (χ3v) is 3.32. The van der Waals surface area contributed by atoms with Gasteiger partial charge in [0.05, 0.1) is 17.7 Å². The highest BCUT2D eigenvalue weighted by atomic mass is 16.5. The summed E-state index contributed by atoms with van der Waals surface area (Å²) in [4.78, 5) is 11.4. The molecule has 1 aliphatic heterocycles. The molecule has 0 spiro atoms. The van der Waals surface area contributed by atoms with Crippen LogP contribution in [0.4, 0.5) is 0 Å². The number of hydrogen-bond donors (Lipinski definition) is 1. The van der Waals surface area contributed by atoms with E-state index in [1.54, 1.807) is 6.92 Å². The number of carbonyl (C=O) groups is 1. The standard InChI is InChI=1S/C15H23N2O3/c1-6-20-13(18)12(16)9-7-8-11-10-14(2,3)17(19)15(11,4)5/h10,12H,6,9,16H2,1-5H3/t12-/m1/s1. The number of rotatable bonds is 3. The maximum atomic E-state index is 12.1. The van der Waals surface area contributed by atoms with Gasteiger partial charge in [0.15, 0.2) is 0 Å². The van der Waals surface area contributed by atoms with Gasteiger partial charge in [-0.15, -0.1) is 10.3 Å². The number of ether oxygens (including phenoxy) is 1. The van der Waals surface area contributed by atoms with E-state index in [0.717, 1.165) is 10.6 Å². The Hall–Kier alpha value is -1.35. The lowest BCUT2D eigenvalue weighted by Gasteiger charge is -2.32. The highest BCUT2D eigenvalue weighted by molar-refractivity contribution is 5.75. The van der Waals surface area contributed by atoms with Gasteiger partial charge in [-0.2, -0.15) is 0 Å². The number of hydroxylamine groups is 2. The zero-order valence-electron chi connectivity index (χ0n) is 12.8. The molecule has 111 valence electrons. The van der Waals surface area contributed by atoms with E-state index in [4.69, 9.17) is 10.5 Å². The summed E-state index contributed by atoms with van der Waals surface area (Å²) in [6, 6.07) is -0.746. The van der Waals surface area contributed by atoms with E-state index in [0.29, 0.717) is 6.61 Å². The van der Waals surface area contributed by atoms with Gasteiger partial charge in [-0.3, -0.25) is 4.79 Å². The monoisotopic (exact) mass is 279 g/mol. The molecule has 0 unspecified atom stereocenters. The van der Waals surface area contributed by atoms with Gasteiger partial charge in [-0.1, -0.05) is 11.8 Å². The molecule has 20 heavy (non-hydrogen) atoms. The van der Waals surface area contributed by atoms with Gasteiger partial charge in [0.1, 0.15) is 6.04 Å². The van der Waals surface area contributed by atoms with Gasteiger partial charge < -0.3 is 10.5 Å². The topological polar surface area (TPSA) is 75.5 Å². The first-order valence-corrected chi connectivity index (χ1v) is 6.74. The summed E-state index contributed by atoms with van der Waals surface area (Å²) >= 11 is 0. The molecule has 0 aromatic rings. The van der Waals surface area contributed by atoms with Gasteiger partial charge in [0, 0.05) is 12.0 Å². The van der Waals surface area contributed by atoms with Crippen molar-refractivity contribution in [2.24, 2.45) is 5.73 Å². The second kappa shape index (κ2) is 5.96. The minimum absolute atomic E-state index is 0.214. The van der Waals surface area contributed by atoms with Crippen LogP contribution in [-0.2, 0) is 14.7 Å². The molecule has 5 nitrogen and oxygen atoms in total. The SMILES string of the molecule is CCOC(=O)[C@H](N)CC#CC1=CC(C)(C)N([O])C1(C)C. The number of carbonyl (C=O) groups excluding carboxylic acids is 1. The number of nitrogens with two attached hydrogens (primary N) is 1. The maximum Gasteiger partial charge on any atom is 0.323 e. The fourth-order valence-corrected chi connectivity index (χ4v) is 2.20. The fourth-order valence-electron chi connectivity index (χ4n) is 2.20. The van der Waals surface area contributed by atoms with Gasteiger partial charge in [-0.05, 0) is 40.7 Å². The number of nitrogens with zero attached hydrogens (tertiary/aromatic N) is 1. The average molecular weight is 279 g/mol. The third kappa shape index (κ3) is 3.40. The Morgan fingerprint density at radius 3 is 2.50 bits per heavy atom. The predicted molar refractivity (Wildman–Crippen MR) is 75.8 cm³/mol. The molecule has 0 saturated heterocycles. The Labute approximate surface area is 120 Å². The van der Waals surface area contributed by atoms with E-state index in [2.05, 4.69) is 11.8 Å². The van der Waals surface area contributed by atoms with Crippen molar-refractivity contribution >= 4 is 5.97 Å². The quantitative estimate of drug-likeness (QED) is 0.626. The number of hydrogen-bond acceptors (Lipinski definition) is 4. The first-order valence-electron chi connectivity index (χ1n) is 6.74. The molecule has 1 heterocycles. The van der Waals surface area contributed by atoms with Crippen LogP contribution < -0.4 is 5.73 Å². The minimum Gasteiger partial charge on any atom is -0.465 e. The van der Waals surface area contributed by atoms with E-state index in [9.17, 15) is 10.0 Å².